The number of aliphatic carboxylic acids is 1. The van der Waals surface area contributed by atoms with E-state index < -0.39 is 52.8 Å². The number of carboxylic acids is 1. The number of β-lactam (4-membered cyclic amide) rings is 1. The second-order valence-corrected chi connectivity index (χ2v) is 7.89. The van der Waals surface area contributed by atoms with E-state index in [1.54, 1.807) is 0 Å². The molecule has 23 heavy (non-hydrogen) atoms. The fraction of sp³-hybridized carbons (Fsp3) is 0.545. The zero-order valence-electron chi connectivity index (χ0n) is 11.7. The minimum absolute atomic E-state index is 0.0277. The van der Waals surface area contributed by atoms with Crippen molar-refractivity contribution in [3.8, 4) is 0 Å². The SMILES string of the molecule is CS(=O)(=O)OCC1=C2SCN(C(=O)O)[C@@H]3C(=O)N(C1C(=O)O)[C@H]23. The second-order valence-electron chi connectivity index (χ2n) is 5.26. The quantitative estimate of drug-likeness (QED) is 0.472. The van der Waals surface area contributed by atoms with Gasteiger partial charge >= 0.3 is 12.1 Å². The van der Waals surface area contributed by atoms with Crippen LogP contribution in [0.15, 0.2) is 10.5 Å². The molecule has 2 saturated heterocycles. The van der Waals surface area contributed by atoms with Crippen molar-refractivity contribution in [3.05, 3.63) is 10.5 Å². The molecule has 3 aliphatic heterocycles. The fourth-order valence-corrected chi connectivity index (χ4v) is 4.67. The van der Waals surface area contributed by atoms with E-state index in [2.05, 4.69) is 4.18 Å². The maximum atomic E-state index is 12.2. The molecule has 2 amide bonds. The number of carbonyl (C=O) groups excluding carboxylic acids is 1. The van der Waals surface area contributed by atoms with Crippen molar-refractivity contribution in [1.29, 1.82) is 0 Å². The first-order chi connectivity index (χ1) is 10.6. The first-order valence-electron chi connectivity index (χ1n) is 6.38. The molecule has 0 bridgehead atoms. The Morgan fingerprint density at radius 3 is 2.52 bits per heavy atom. The van der Waals surface area contributed by atoms with Crippen LogP contribution in [-0.4, -0.2) is 83.3 Å². The minimum Gasteiger partial charge on any atom is -0.479 e. The molecule has 0 aromatic carbocycles. The molecule has 0 aliphatic carbocycles. The highest BCUT2D eigenvalue weighted by Gasteiger charge is 2.64. The number of carboxylic acid groups (broad SMARTS) is 2. The van der Waals surface area contributed by atoms with Gasteiger partial charge in [-0.2, -0.15) is 8.42 Å². The third-order valence-electron chi connectivity index (χ3n) is 3.90. The molecule has 2 fully saturated rings. The van der Waals surface area contributed by atoms with Gasteiger partial charge in [0.2, 0.25) is 5.91 Å². The third-order valence-corrected chi connectivity index (χ3v) is 5.67. The normalized spacial score (nSPS) is 29.4. The van der Waals surface area contributed by atoms with E-state index in [1.807, 2.05) is 0 Å². The van der Waals surface area contributed by atoms with Crippen LogP contribution in [0.1, 0.15) is 0 Å². The van der Waals surface area contributed by atoms with E-state index in [9.17, 15) is 27.9 Å². The van der Waals surface area contributed by atoms with Crippen LogP contribution in [0.3, 0.4) is 0 Å². The summed E-state index contributed by atoms with van der Waals surface area (Å²) in [6.07, 6.45) is -0.423. The van der Waals surface area contributed by atoms with Crippen molar-refractivity contribution >= 4 is 39.8 Å². The number of carbonyl (C=O) groups is 3. The average molecular weight is 364 g/mol. The molecule has 3 aliphatic rings. The lowest BCUT2D eigenvalue weighted by Gasteiger charge is -2.51. The molecule has 0 saturated carbocycles. The Kier molecular flexibility index (Phi) is 3.57. The van der Waals surface area contributed by atoms with Crippen molar-refractivity contribution in [2.45, 2.75) is 18.1 Å². The van der Waals surface area contributed by atoms with Gasteiger partial charge in [0.05, 0.1) is 24.8 Å². The number of hydrogen-bond donors (Lipinski definition) is 2. The largest absolute Gasteiger partial charge is 0.479 e. The molecule has 0 radical (unpaired) electrons. The Morgan fingerprint density at radius 1 is 1.35 bits per heavy atom. The van der Waals surface area contributed by atoms with Crippen LogP contribution in [-0.2, 0) is 23.9 Å². The summed E-state index contributed by atoms with van der Waals surface area (Å²) in [5.41, 5.74) is 0.179. The molecular weight excluding hydrogens is 352 g/mol. The highest BCUT2D eigenvalue weighted by Crippen LogP contribution is 2.50. The van der Waals surface area contributed by atoms with Crippen LogP contribution < -0.4 is 0 Å². The van der Waals surface area contributed by atoms with E-state index in [0.717, 1.165) is 27.8 Å². The van der Waals surface area contributed by atoms with Gasteiger partial charge < -0.3 is 15.1 Å². The summed E-state index contributed by atoms with van der Waals surface area (Å²) in [5, 5.41) is 18.5. The average Bonchev–Trinajstić information content (AvgIpc) is 2.75. The van der Waals surface area contributed by atoms with Crippen molar-refractivity contribution in [3.63, 3.8) is 0 Å². The number of hydrogen-bond acceptors (Lipinski definition) is 7. The van der Waals surface area contributed by atoms with Gasteiger partial charge in [-0.25, -0.2) is 9.59 Å². The molecular formula is C11H12N2O8S2. The summed E-state index contributed by atoms with van der Waals surface area (Å²) in [5.74, 6) is -1.94. The van der Waals surface area contributed by atoms with Crippen molar-refractivity contribution < 1.29 is 37.2 Å². The van der Waals surface area contributed by atoms with Gasteiger partial charge in [-0.3, -0.25) is 13.9 Å². The maximum Gasteiger partial charge on any atom is 0.408 e. The standard InChI is InChI=1S/C11H12N2O8S2/c1-23(19,20)21-2-4-5(10(15)16)13-6-7(9(13)14)12(11(17)18)3-22-8(4)6/h5-7H,2-3H2,1H3,(H,15,16)(H,17,18)/t5?,6-,7-/m0/s1. The smallest absolute Gasteiger partial charge is 0.408 e. The molecule has 1 unspecified atom stereocenters. The van der Waals surface area contributed by atoms with Crippen molar-refractivity contribution in [2.24, 2.45) is 0 Å². The van der Waals surface area contributed by atoms with Gasteiger partial charge in [-0.15, -0.1) is 11.8 Å². The van der Waals surface area contributed by atoms with Crippen LogP contribution >= 0.6 is 11.8 Å². The summed E-state index contributed by atoms with van der Waals surface area (Å²) < 4.78 is 27.0. The zero-order chi connectivity index (χ0) is 17.1. The van der Waals surface area contributed by atoms with Crippen LogP contribution in [0.25, 0.3) is 0 Å². The van der Waals surface area contributed by atoms with E-state index in [0.29, 0.717) is 4.91 Å². The Bertz CT molecular complexity index is 745. The summed E-state index contributed by atoms with van der Waals surface area (Å²) in [6.45, 7) is -0.474. The Labute approximate surface area is 134 Å². The van der Waals surface area contributed by atoms with Gasteiger partial charge in [0, 0.05) is 10.5 Å². The lowest BCUT2D eigenvalue weighted by Crippen LogP contribution is -2.73. The molecule has 0 spiro atoms. The molecule has 126 valence electrons. The molecule has 2 N–H and O–H groups in total. The zero-order valence-corrected chi connectivity index (χ0v) is 13.3. The second kappa shape index (κ2) is 5.11. The minimum atomic E-state index is -3.78. The highest BCUT2D eigenvalue weighted by molar-refractivity contribution is 8.03. The van der Waals surface area contributed by atoms with Gasteiger partial charge in [-0.05, 0) is 0 Å². The van der Waals surface area contributed by atoms with E-state index in [4.69, 9.17) is 5.11 Å². The first kappa shape index (κ1) is 16.1. The maximum absolute atomic E-state index is 12.2. The molecule has 3 heterocycles. The number of rotatable bonds is 4. The molecule has 0 aromatic rings. The van der Waals surface area contributed by atoms with E-state index in [1.165, 1.54) is 0 Å². The molecule has 10 nitrogen and oxygen atoms in total. The first-order valence-corrected chi connectivity index (χ1v) is 9.18. The van der Waals surface area contributed by atoms with Crippen LogP contribution in [0.4, 0.5) is 4.79 Å². The summed E-state index contributed by atoms with van der Waals surface area (Å²) >= 11 is 1.08. The third kappa shape index (κ3) is 2.37. The van der Waals surface area contributed by atoms with Gasteiger partial charge in [0.1, 0.15) is 6.04 Å². The van der Waals surface area contributed by atoms with Crippen LogP contribution in [0, 0.1) is 0 Å². The van der Waals surface area contributed by atoms with Gasteiger partial charge in [-0.1, -0.05) is 0 Å². The number of amides is 2. The predicted molar refractivity (Wildman–Crippen MR) is 76.0 cm³/mol. The van der Waals surface area contributed by atoms with E-state index >= 15 is 0 Å². The topological polar surface area (TPSA) is 142 Å². The van der Waals surface area contributed by atoms with E-state index in [-0.39, 0.29) is 11.4 Å². The predicted octanol–water partition coefficient (Wildman–Crippen LogP) is -1.05. The fourth-order valence-electron chi connectivity index (χ4n) is 3.01. The van der Waals surface area contributed by atoms with Gasteiger partial charge in [0.25, 0.3) is 10.1 Å². The molecule has 3 atom stereocenters. The summed E-state index contributed by atoms with van der Waals surface area (Å²) in [7, 11) is -3.78. The molecule has 12 heteroatoms. The van der Waals surface area contributed by atoms with Crippen molar-refractivity contribution in [1.82, 2.24) is 9.80 Å². The van der Waals surface area contributed by atoms with Crippen LogP contribution in [0.5, 0.6) is 0 Å². The van der Waals surface area contributed by atoms with Crippen molar-refractivity contribution in [2.75, 3.05) is 18.7 Å². The van der Waals surface area contributed by atoms with Crippen LogP contribution in [0.2, 0.25) is 0 Å². The number of nitrogens with zero attached hydrogens (tertiary/aromatic N) is 2. The Morgan fingerprint density at radius 2 is 2.00 bits per heavy atom. The summed E-state index contributed by atoms with van der Waals surface area (Å²) in [4.78, 5) is 37.4. The molecule has 3 rings (SSSR count). The highest BCUT2D eigenvalue weighted by atomic mass is 32.2. The molecule has 0 aromatic heterocycles. The lowest BCUT2D eigenvalue weighted by atomic mass is 9.95. The Hall–Kier alpha value is -1.79. The summed E-state index contributed by atoms with van der Waals surface area (Å²) in [6, 6.07) is -2.97. The lowest BCUT2D eigenvalue weighted by molar-refractivity contribution is -0.163. The number of thioether (sulfide) groups is 1. The van der Waals surface area contributed by atoms with Gasteiger partial charge in [0.15, 0.2) is 6.04 Å². The Balaban J connectivity index is 1.97. The monoisotopic (exact) mass is 364 g/mol.